The molecular weight excluding hydrogens is 398 g/mol. The van der Waals surface area contributed by atoms with E-state index in [4.69, 9.17) is 0 Å². The van der Waals surface area contributed by atoms with Gasteiger partial charge in [-0.3, -0.25) is 0 Å². The zero-order valence-electron chi connectivity index (χ0n) is 17.0. The van der Waals surface area contributed by atoms with Crippen LogP contribution in [0.4, 0.5) is 0 Å². The molecule has 3 aromatic rings. The van der Waals surface area contributed by atoms with E-state index in [0.717, 1.165) is 55.0 Å². The summed E-state index contributed by atoms with van der Waals surface area (Å²) in [6.45, 7) is 2.80. The number of nitriles is 1. The number of hydrogen-bond donors (Lipinski definition) is 1. The maximum atomic E-state index is 10.7. The molecule has 0 saturated heterocycles. The SMILES string of the molecule is Cc1ccccc1-c1nnc(SC/C(O)=C(\C#N)c2nnc3n2CCCCC3)n1C. The average Bonchev–Trinajstić information content (AvgIpc) is 3.22. The molecule has 0 bridgehead atoms. The van der Waals surface area contributed by atoms with E-state index in [1.807, 2.05) is 47.4 Å². The standard InChI is InChI=1S/C21H23N7OS/c1-14-8-5-6-9-15(14)19-24-26-21(27(19)2)30-13-17(29)16(12-22)20-25-23-18-10-4-3-7-11-28(18)20/h5-6,8-9,29H,3-4,7,10-11,13H2,1-2H3/b17-16-. The third kappa shape index (κ3) is 3.83. The minimum atomic E-state index is -0.0256. The highest BCUT2D eigenvalue weighted by molar-refractivity contribution is 7.99. The first-order valence-corrected chi connectivity index (χ1v) is 10.9. The topological polar surface area (TPSA) is 105 Å². The molecule has 0 radical (unpaired) electrons. The second-order valence-electron chi connectivity index (χ2n) is 7.30. The highest BCUT2D eigenvalue weighted by Gasteiger charge is 2.21. The van der Waals surface area contributed by atoms with Gasteiger partial charge in [-0.15, -0.1) is 20.4 Å². The van der Waals surface area contributed by atoms with E-state index in [1.165, 1.54) is 11.8 Å². The second kappa shape index (κ2) is 8.71. The maximum absolute atomic E-state index is 10.7. The summed E-state index contributed by atoms with van der Waals surface area (Å²) >= 11 is 1.33. The highest BCUT2D eigenvalue weighted by atomic mass is 32.2. The van der Waals surface area contributed by atoms with Gasteiger partial charge in [0, 0.05) is 25.6 Å². The van der Waals surface area contributed by atoms with Crippen molar-refractivity contribution in [3.63, 3.8) is 0 Å². The lowest BCUT2D eigenvalue weighted by atomic mass is 10.1. The van der Waals surface area contributed by atoms with E-state index in [2.05, 4.69) is 26.5 Å². The Morgan fingerprint density at radius 3 is 2.80 bits per heavy atom. The van der Waals surface area contributed by atoms with Gasteiger partial charge in [0.15, 0.2) is 16.8 Å². The summed E-state index contributed by atoms with van der Waals surface area (Å²) in [6.07, 6.45) is 4.07. The minimum Gasteiger partial charge on any atom is -0.510 e. The molecule has 0 amide bonds. The maximum Gasteiger partial charge on any atom is 0.191 e. The molecule has 2 aromatic heterocycles. The molecule has 1 aliphatic rings. The number of aliphatic hydroxyl groups excluding tert-OH is 1. The van der Waals surface area contributed by atoms with Gasteiger partial charge in [0.05, 0.1) is 5.75 Å². The summed E-state index contributed by atoms with van der Waals surface area (Å²) in [5.74, 6) is 2.27. The molecule has 154 valence electrons. The molecular formula is C21H23N7OS. The van der Waals surface area contributed by atoms with Crippen molar-refractivity contribution in [3.8, 4) is 17.5 Å². The number of fused-ring (bicyclic) bond motifs is 1. The summed E-state index contributed by atoms with van der Waals surface area (Å²) < 4.78 is 3.86. The van der Waals surface area contributed by atoms with Crippen LogP contribution in [0.25, 0.3) is 17.0 Å². The number of aliphatic hydroxyl groups is 1. The number of aromatic nitrogens is 6. The normalized spacial score (nSPS) is 14.6. The summed E-state index contributed by atoms with van der Waals surface area (Å²) in [5, 5.41) is 38.0. The summed E-state index contributed by atoms with van der Waals surface area (Å²) in [4.78, 5) is 0. The molecule has 0 unspecified atom stereocenters. The van der Waals surface area contributed by atoms with Gasteiger partial charge in [-0.25, -0.2) is 0 Å². The van der Waals surface area contributed by atoms with Crippen LogP contribution in [0, 0.1) is 18.3 Å². The molecule has 4 rings (SSSR count). The largest absolute Gasteiger partial charge is 0.510 e. The van der Waals surface area contributed by atoms with Crippen LogP contribution in [0.1, 0.15) is 36.5 Å². The van der Waals surface area contributed by atoms with Gasteiger partial charge in [0.1, 0.15) is 23.2 Å². The Morgan fingerprint density at radius 2 is 2.00 bits per heavy atom. The van der Waals surface area contributed by atoms with E-state index in [-0.39, 0.29) is 17.1 Å². The first kappa shape index (κ1) is 20.2. The van der Waals surface area contributed by atoms with Gasteiger partial charge in [-0.1, -0.05) is 42.4 Å². The van der Waals surface area contributed by atoms with Crippen LogP contribution in [0.15, 0.2) is 35.2 Å². The van der Waals surface area contributed by atoms with Gasteiger partial charge in [-0.05, 0) is 25.3 Å². The van der Waals surface area contributed by atoms with Crippen molar-refractivity contribution < 1.29 is 5.11 Å². The molecule has 3 heterocycles. The predicted molar refractivity (Wildman–Crippen MR) is 115 cm³/mol. The lowest BCUT2D eigenvalue weighted by molar-refractivity contribution is 0.419. The van der Waals surface area contributed by atoms with Crippen molar-refractivity contribution in [1.82, 2.24) is 29.5 Å². The third-order valence-electron chi connectivity index (χ3n) is 5.29. The van der Waals surface area contributed by atoms with Gasteiger partial charge < -0.3 is 14.2 Å². The molecule has 0 saturated carbocycles. The van der Waals surface area contributed by atoms with Crippen molar-refractivity contribution in [2.24, 2.45) is 7.05 Å². The van der Waals surface area contributed by atoms with Crippen molar-refractivity contribution in [2.45, 2.75) is 44.3 Å². The summed E-state index contributed by atoms with van der Waals surface area (Å²) in [7, 11) is 1.90. The molecule has 1 aliphatic heterocycles. The number of benzene rings is 1. The van der Waals surface area contributed by atoms with E-state index in [1.54, 1.807) is 0 Å². The Hall–Kier alpha value is -3.12. The molecule has 1 aromatic carbocycles. The predicted octanol–water partition coefficient (Wildman–Crippen LogP) is 3.69. The van der Waals surface area contributed by atoms with Crippen molar-refractivity contribution in [3.05, 3.63) is 47.2 Å². The number of aryl methyl sites for hydroxylation is 2. The van der Waals surface area contributed by atoms with Crippen molar-refractivity contribution >= 4 is 17.3 Å². The summed E-state index contributed by atoms with van der Waals surface area (Å²) in [5.41, 5.74) is 2.30. The van der Waals surface area contributed by atoms with E-state index in [0.29, 0.717) is 11.0 Å². The molecule has 0 atom stereocenters. The Kier molecular flexibility index (Phi) is 5.86. The number of nitrogens with zero attached hydrogens (tertiary/aromatic N) is 7. The van der Waals surface area contributed by atoms with Gasteiger partial charge >= 0.3 is 0 Å². The Labute approximate surface area is 179 Å². The Morgan fingerprint density at radius 1 is 1.17 bits per heavy atom. The van der Waals surface area contributed by atoms with Crippen molar-refractivity contribution in [1.29, 1.82) is 5.26 Å². The van der Waals surface area contributed by atoms with E-state index < -0.39 is 0 Å². The number of hydrogen-bond acceptors (Lipinski definition) is 7. The molecule has 1 N–H and O–H groups in total. The average molecular weight is 422 g/mol. The van der Waals surface area contributed by atoms with E-state index >= 15 is 0 Å². The first-order valence-electron chi connectivity index (χ1n) is 9.93. The van der Waals surface area contributed by atoms with Crippen LogP contribution in [-0.2, 0) is 20.0 Å². The zero-order chi connectivity index (χ0) is 21.1. The third-order valence-corrected chi connectivity index (χ3v) is 6.32. The molecule has 30 heavy (non-hydrogen) atoms. The monoisotopic (exact) mass is 421 g/mol. The quantitative estimate of drug-likeness (QED) is 0.380. The number of thioether (sulfide) groups is 1. The lowest BCUT2D eigenvalue weighted by Gasteiger charge is -2.08. The lowest BCUT2D eigenvalue weighted by Crippen LogP contribution is -2.07. The minimum absolute atomic E-state index is 0.0256. The molecule has 0 aliphatic carbocycles. The van der Waals surface area contributed by atoms with Crippen LogP contribution in [0.3, 0.4) is 0 Å². The fourth-order valence-electron chi connectivity index (χ4n) is 3.62. The van der Waals surface area contributed by atoms with Crippen LogP contribution < -0.4 is 0 Å². The van der Waals surface area contributed by atoms with Crippen LogP contribution in [-0.4, -0.2) is 40.4 Å². The number of rotatable bonds is 5. The number of allylic oxidation sites excluding steroid dienone is 1. The van der Waals surface area contributed by atoms with Crippen LogP contribution in [0.2, 0.25) is 0 Å². The van der Waals surface area contributed by atoms with E-state index in [9.17, 15) is 10.4 Å². The highest BCUT2D eigenvalue weighted by Crippen LogP contribution is 2.28. The molecule has 9 heteroatoms. The zero-order valence-corrected chi connectivity index (χ0v) is 17.9. The van der Waals surface area contributed by atoms with Crippen LogP contribution >= 0.6 is 11.8 Å². The van der Waals surface area contributed by atoms with Crippen LogP contribution in [0.5, 0.6) is 0 Å². The summed E-state index contributed by atoms with van der Waals surface area (Å²) in [6, 6.07) is 10.1. The Bertz CT molecular complexity index is 1140. The fraction of sp³-hybridized carbons (Fsp3) is 0.381. The second-order valence-corrected chi connectivity index (χ2v) is 8.25. The van der Waals surface area contributed by atoms with Crippen molar-refractivity contribution in [2.75, 3.05) is 5.75 Å². The van der Waals surface area contributed by atoms with Gasteiger partial charge in [0.2, 0.25) is 0 Å². The van der Waals surface area contributed by atoms with Gasteiger partial charge in [0.25, 0.3) is 0 Å². The smallest absolute Gasteiger partial charge is 0.191 e. The first-order chi connectivity index (χ1) is 14.6. The molecule has 8 nitrogen and oxygen atoms in total. The van der Waals surface area contributed by atoms with Gasteiger partial charge in [-0.2, -0.15) is 5.26 Å². The molecule has 0 fully saturated rings. The Balaban J connectivity index is 1.56. The fourth-order valence-corrected chi connectivity index (χ4v) is 4.41. The molecule has 0 spiro atoms.